The quantitative estimate of drug-likeness (QED) is 0.890. The third-order valence-corrected chi connectivity index (χ3v) is 4.27. The average Bonchev–Trinajstić information content (AvgIpc) is 2.94. The summed E-state index contributed by atoms with van der Waals surface area (Å²) in [7, 11) is 1.83. The van der Waals surface area contributed by atoms with Crippen molar-refractivity contribution in [1.82, 2.24) is 4.90 Å². The highest BCUT2D eigenvalue weighted by Gasteiger charge is 2.23. The van der Waals surface area contributed by atoms with E-state index in [9.17, 15) is 4.79 Å². The number of hydrogen-bond donors (Lipinski definition) is 1. The number of benzene rings is 1. The highest BCUT2D eigenvalue weighted by molar-refractivity contribution is 5.85. The van der Waals surface area contributed by atoms with Crippen LogP contribution in [-0.4, -0.2) is 30.4 Å². The Hall–Kier alpha value is -1.81. The lowest BCUT2D eigenvalue weighted by Crippen LogP contribution is -2.36. The topological polar surface area (TPSA) is 59.5 Å². The maximum Gasteiger partial charge on any atom is 0.232 e. The van der Waals surface area contributed by atoms with E-state index >= 15 is 0 Å². The number of carbonyl (C=O) groups is 1. The van der Waals surface area contributed by atoms with E-state index in [1.807, 2.05) is 44.3 Å². The van der Waals surface area contributed by atoms with Gasteiger partial charge in [0, 0.05) is 25.0 Å². The molecule has 0 bridgehead atoms. The number of amides is 1. The second kappa shape index (κ2) is 6.97. The number of likely N-dealkylation sites (N-methyl/N-ethyl adjacent to an activating group) is 1. The second-order valence-electron chi connectivity index (χ2n) is 6.36. The lowest BCUT2D eigenvalue weighted by molar-refractivity contribution is -0.131. The SMILES string of the molecule is CC(C(=O)N(C)CCC(N)C(C)C)c1cc2ccccc2o1. The number of nitrogens with two attached hydrogens (primary N) is 1. The molecule has 0 fully saturated rings. The van der Waals surface area contributed by atoms with Crippen molar-refractivity contribution >= 4 is 16.9 Å². The first-order valence-electron chi connectivity index (χ1n) is 7.89. The van der Waals surface area contributed by atoms with Gasteiger partial charge in [0.1, 0.15) is 11.3 Å². The van der Waals surface area contributed by atoms with E-state index in [1.54, 1.807) is 4.90 Å². The van der Waals surface area contributed by atoms with E-state index in [2.05, 4.69) is 13.8 Å². The number of para-hydroxylation sites is 1. The van der Waals surface area contributed by atoms with Crippen molar-refractivity contribution in [2.45, 2.75) is 39.2 Å². The Morgan fingerprint density at radius 2 is 1.95 bits per heavy atom. The van der Waals surface area contributed by atoms with Crippen molar-refractivity contribution in [2.24, 2.45) is 11.7 Å². The highest BCUT2D eigenvalue weighted by atomic mass is 16.3. The van der Waals surface area contributed by atoms with Crippen LogP contribution in [0.1, 0.15) is 38.9 Å². The van der Waals surface area contributed by atoms with Crippen molar-refractivity contribution < 1.29 is 9.21 Å². The summed E-state index contributed by atoms with van der Waals surface area (Å²) in [6, 6.07) is 9.88. The van der Waals surface area contributed by atoms with E-state index < -0.39 is 0 Å². The minimum atomic E-state index is -0.285. The summed E-state index contributed by atoms with van der Waals surface area (Å²) in [4.78, 5) is 14.3. The Kier molecular flexibility index (Phi) is 5.24. The van der Waals surface area contributed by atoms with Crippen molar-refractivity contribution in [3.8, 4) is 0 Å². The molecule has 1 aromatic heterocycles. The first-order valence-corrected chi connectivity index (χ1v) is 7.89. The van der Waals surface area contributed by atoms with Crippen molar-refractivity contribution in [2.75, 3.05) is 13.6 Å². The molecule has 4 nitrogen and oxygen atoms in total. The van der Waals surface area contributed by atoms with Crippen molar-refractivity contribution in [3.05, 3.63) is 36.1 Å². The van der Waals surface area contributed by atoms with Crippen LogP contribution in [0.3, 0.4) is 0 Å². The maximum atomic E-state index is 12.5. The molecule has 1 heterocycles. The summed E-state index contributed by atoms with van der Waals surface area (Å²) in [5.41, 5.74) is 6.87. The van der Waals surface area contributed by atoms with Gasteiger partial charge in [0.25, 0.3) is 0 Å². The smallest absolute Gasteiger partial charge is 0.232 e. The van der Waals surface area contributed by atoms with Gasteiger partial charge in [-0.05, 0) is 31.4 Å². The van der Waals surface area contributed by atoms with Gasteiger partial charge < -0.3 is 15.1 Å². The largest absolute Gasteiger partial charge is 0.460 e. The summed E-state index contributed by atoms with van der Waals surface area (Å²) in [6.45, 7) is 6.76. The molecule has 2 rings (SSSR count). The summed E-state index contributed by atoms with van der Waals surface area (Å²) in [5, 5.41) is 1.03. The fraction of sp³-hybridized carbons (Fsp3) is 0.500. The highest BCUT2D eigenvalue weighted by Crippen LogP contribution is 2.26. The Balaban J connectivity index is 2.01. The zero-order valence-electron chi connectivity index (χ0n) is 13.9. The van der Waals surface area contributed by atoms with Gasteiger partial charge in [0.2, 0.25) is 5.91 Å². The van der Waals surface area contributed by atoms with E-state index in [1.165, 1.54) is 0 Å². The van der Waals surface area contributed by atoms with Gasteiger partial charge >= 0.3 is 0 Å². The molecule has 2 unspecified atom stereocenters. The minimum Gasteiger partial charge on any atom is -0.460 e. The Labute approximate surface area is 132 Å². The van der Waals surface area contributed by atoms with Crippen LogP contribution >= 0.6 is 0 Å². The summed E-state index contributed by atoms with van der Waals surface area (Å²) >= 11 is 0. The second-order valence-corrected chi connectivity index (χ2v) is 6.36. The van der Waals surface area contributed by atoms with E-state index in [-0.39, 0.29) is 17.9 Å². The zero-order chi connectivity index (χ0) is 16.3. The summed E-state index contributed by atoms with van der Waals surface area (Å²) in [5.74, 6) is 0.921. The molecule has 22 heavy (non-hydrogen) atoms. The number of furan rings is 1. The van der Waals surface area contributed by atoms with E-state index in [0.29, 0.717) is 18.2 Å². The molecule has 0 aliphatic carbocycles. The molecule has 0 saturated heterocycles. The average molecular weight is 302 g/mol. The van der Waals surface area contributed by atoms with Crippen molar-refractivity contribution in [1.29, 1.82) is 0 Å². The summed E-state index contributed by atoms with van der Waals surface area (Å²) in [6.07, 6.45) is 0.812. The predicted molar refractivity (Wildman–Crippen MR) is 89.7 cm³/mol. The zero-order valence-corrected chi connectivity index (χ0v) is 13.9. The molecule has 1 amide bonds. The van der Waals surface area contributed by atoms with Crippen LogP contribution in [0.5, 0.6) is 0 Å². The lowest BCUT2D eigenvalue weighted by Gasteiger charge is -2.23. The number of hydrogen-bond acceptors (Lipinski definition) is 3. The molecule has 0 radical (unpaired) electrons. The predicted octanol–water partition coefficient (Wildman–Crippen LogP) is 3.37. The fourth-order valence-electron chi connectivity index (χ4n) is 2.45. The molecule has 0 aliphatic heterocycles. The Morgan fingerprint density at radius 1 is 1.27 bits per heavy atom. The first kappa shape index (κ1) is 16.6. The Morgan fingerprint density at radius 3 is 2.59 bits per heavy atom. The van der Waals surface area contributed by atoms with Gasteiger partial charge in [-0.25, -0.2) is 0 Å². The molecule has 0 aliphatic rings. The van der Waals surface area contributed by atoms with E-state index in [4.69, 9.17) is 10.2 Å². The van der Waals surface area contributed by atoms with E-state index in [0.717, 1.165) is 17.4 Å². The molecular weight excluding hydrogens is 276 g/mol. The fourth-order valence-corrected chi connectivity index (χ4v) is 2.45. The van der Waals surface area contributed by atoms with Gasteiger partial charge in [-0.3, -0.25) is 4.79 Å². The molecule has 1 aromatic carbocycles. The molecular formula is C18H26N2O2. The third-order valence-electron chi connectivity index (χ3n) is 4.27. The molecule has 2 aromatic rings. The lowest BCUT2D eigenvalue weighted by atomic mass is 10.0. The normalized spacial score (nSPS) is 14.3. The minimum absolute atomic E-state index is 0.0648. The molecule has 0 spiro atoms. The Bertz CT molecular complexity index is 600. The van der Waals surface area contributed by atoms with Crippen LogP contribution in [0.15, 0.2) is 34.7 Å². The number of nitrogens with zero attached hydrogens (tertiary/aromatic N) is 1. The van der Waals surface area contributed by atoms with Crippen molar-refractivity contribution in [3.63, 3.8) is 0 Å². The van der Waals surface area contributed by atoms with Crippen LogP contribution in [-0.2, 0) is 4.79 Å². The maximum absolute atomic E-state index is 12.5. The number of fused-ring (bicyclic) bond motifs is 1. The molecule has 2 N–H and O–H groups in total. The monoisotopic (exact) mass is 302 g/mol. The van der Waals surface area contributed by atoms with Crippen LogP contribution in [0, 0.1) is 5.92 Å². The van der Waals surface area contributed by atoms with Gasteiger partial charge in [0.15, 0.2) is 0 Å². The van der Waals surface area contributed by atoms with Gasteiger partial charge in [-0.1, -0.05) is 32.0 Å². The van der Waals surface area contributed by atoms with Crippen LogP contribution in [0.4, 0.5) is 0 Å². The summed E-state index contributed by atoms with van der Waals surface area (Å²) < 4.78 is 5.79. The number of carbonyl (C=O) groups excluding carboxylic acids is 1. The third kappa shape index (κ3) is 3.69. The molecule has 4 heteroatoms. The van der Waals surface area contributed by atoms with Crippen LogP contribution < -0.4 is 5.73 Å². The molecule has 0 saturated carbocycles. The van der Waals surface area contributed by atoms with Crippen LogP contribution in [0.25, 0.3) is 11.0 Å². The first-order chi connectivity index (χ1) is 10.4. The van der Waals surface area contributed by atoms with Crippen LogP contribution in [0.2, 0.25) is 0 Å². The van der Waals surface area contributed by atoms with Gasteiger partial charge in [-0.2, -0.15) is 0 Å². The molecule has 2 atom stereocenters. The van der Waals surface area contributed by atoms with Gasteiger partial charge in [-0.15, -0.1) is 0 Å². The van der Waals surface area contributed by atoms with Gasteiger partial charge in [0.05, 0.1) is 5.92 Å². The number of rotatable bonds is 6. The standard InChI is InChI=1S/C18H26N2O2/c1-12(2)15(19)9-10-20(4)18(21)13(3)17-11-14-7-5-6-8-16(14)22-17/h5-8,11-13,15H,9-10,19H2,1-4H3. The molecule has 120 valence electrons.